The Hall–Kier alpha value is -1.10. The number of hydrogen-bond acceptors (Lipinski definition) is 4. The average molecular weight is 256 g/mol. The Bertz CT molecular complexity index is 439. The second kappa shape index (κ2) is 5.84. The van der Waals surface area contributed by atoms with Crippen molar-refractivity contribution >= 4 is 29.4 Å². The minimum absolute atomic E-state index is 0. The fourth-order valence-electron chi connectivity index (χ4n) is 1.33. The van der Waals surface area contributed by atoms with E-state index in [-0.39, 0.29) is 12.4 Å². The van der Waals surface area contributed by atoms with Crippen molar-refractivity contribution in [1.29, 1.82) is 0 Å². The number of anilines is 1. The Morgan fingerprint density at radius 3 is 2.62 bits per heavy atom. The van der Waals surface area contributed by atoms with E-state index >= 15 is 0 Å². The van der Waals surface area contributed by atoms with Crippen LogP contribution in [-0.2, 0) is 6.54 Å². The summed E-state index contributed by atoms with van der Waals surface area (Å²) in [6, 6.07) is 7.78. The third-order valence-corrected chi connectivity index (χ3v) is 2.94. The van der Waals surface area contributed by atoms with Gasteiger partial charge in [0.2, 0.25) is 0 Å². The Balaban J connectivity index is 0.00000128. The first-order valence-corrected chi connectivity index (χ1v) is 5.62. The normalized spacial score (nSPS) is 9.81. The van der Waals surface area contributed by atoms with Crippen LogP contribution in [0.3, 0.4) is 0 Å². The van der Waals surface area contributed by atoms with E-state index in [2.05, 4.69) is 15.7 Å². The number of nitrogen functional groups attached to an aromatic ring is 1. The van der Waals surface area contributed by atoms with Crippen molar-refractivity contribution in [3.05, 3.63) is 34.7 Å². The lowest BCUT2D eigenvalue weighted by Crippen LogP contribution is -2.04. The van der Waals surface area contributed by atoms with E-state index in [0.717, 1.165) is 28.5 Å². The lowest BCUT2D eigenvalue weighted by molar-refractivity contribution is 0.811. The Labute approximate surface area is 105 Å². The van der Waals surface area contributed by atoms with Gasteiger partial charge in [-0.25, -0.2) is 4.98 Å². The first kappa shape index (κ1) is 13.0. The minimum Gasteiger partial charge on any atom is -0.399 e. The number of nitrogens with one attached hydrogen (secondary N) is 1. The zero-order chi connectivity index (χ0) is 10.7. The number of nitrogens with two attached hydrogens (primary N) is 1. The highest BCUT2D eigenvalue weighted by atomic mass is 35.5. The third kappa shape index (κ3) is 2.95. The summed E-state index contributed by atoms with van der Waals surface area (Å²) in [6.07, 6.45) is 0. The van der Waals surface area contributed by atoms with E-state index in [0.29, 0.717) is 0 Å². The van der Waals surface area contributed by atoms with Gasteiger partial charge in [0.05, 0.1) is 5.69 Å². The molecule has 0 radical (unpaired) electrons. The fraction of sp³-hybridized carbons (Fsp3) is 0.182. The highest BCUT2D eigenvalue weighted by molar-refractivity contribution is 7.09. The summed E-state index contributed by atoms with van der Waals surface area (Å²) in [7, 11) is 1.92. The van der Waals surface area contributed by atoms with E-state index in [1.807, 2.05) is 31.3 Å². The lowest BCUT2D eigenvalue weighted by Gasteiger charge is -1.97. The van der Waals surface area contributed by atoms with Crippen molar-refractivity contribution in [2.45, 2.75) is 6.54 Å². The molecule has 0 amide bonds. The van der Waals surface area contributed by atoms with Gasteiger partial charge in [-0.3, -0.25) is 0 Å². The first-order valence-electron chi connectivity index (χ1n) is 4.74. The molecule has 3 nitrogen and oxygen atoms in total. The van der Waals surface area contributed by atoms with Crippen LogP contribution < -0.4 is 11.1 Å². The largest absolute Gasteiger partial charge is 0.399 e. The van der Waals surface area contributed by atoms with E-state index in [9.17, 15) is 0 Å². The molecule has 1 aromatic carbocycles. The van der Waals surface area contributed by atoms with Crippen LogP contribution in [0.5, 0.6) is 0 Å². The maximum absolute atomic E-state index is 5.63. The number of benzene rings is 1. The molecule has 5 heteroatoms. The van der Waals surface area contributed by atoms with Crippen LogP contribution in [0.25, 0.3) is 11.3 Å². The maximum Gasteiger partial charge on any atom is 0.107 e. The number of thiazole rings is 1. The molecule has 0 aliphatic heterocycles. The highest BCUT2D eigenvalue weighted by Crippen LogP contribution is 2.22. The van der Waals surface area contributed by atoms with Gasteiger partial charge >= 0.3 is 0 Å². The van der Waals surface area contributed by atoms with Crippen LogP contribution in [0.1, 0.15) is 5.01 Å². The van der Waals surface area contributed by atoms with Crippen LogP contribution in [0.4, 0.5) is 5.69 Å². The summed E-state index contributed by atoms with van der Waals surface area (Å²) in [6.45, 7) is 0.819. The molecule has 0 fully saturated rings. The van der Waals surface area contributed by atoms with Gasteiger partial charge in [-0.1, -0.05) is 12.1 Å². The van der Waals surface area contributed by atoms with Gasteiger partial charge in [0, 0.05) is 23.2 Å². The average Bonchev–Trinajstić information content (AvgIpc) is 2.68. The van der Waals surface area contributed by atoms with Crippen molar-refractivity contribution in [2.75, 3.05) is 12.8 Å². The SMILES string of the molecule is CNCc1nc(-c2ccc(N)cc2)cs1.Cl. The molecule has 0 bridgehead atoms. The maximum atomic E-state index is 5.63. The fourth-order valence-corrected chi connectivity index (χ4v) is 2.14. The summed E-state index contributed by atoms with van der Waals surface area (Å²) in [5, 5.41) is 6.25. The van der Waals surface area contributed by atoms with Crippen LogP contribution in [0, 0.1) is 0 Å². The molecule has 86 valence electrons. The molecule has 0 aliphatic carbocycles. The number of aromatic nitrogens is 1. The summed E-state index contributed by atoms with van der Waals surface area (Å²) in [5.74, 6) is 0. The summed E-state index contributed by atoms with van der Waals surface area (Å²) in [5.41, 5.74) is 8.54. The third-order valence-electron chi connectivity index (χ3n) is 2.09. The predicted octanol–water partition coefficient (Wildman–Crippen LogP) is 2.53. The number of halogens is 1. The topological polar surface area (TPSA) is 50.9 Å². The molecule has 0 unspecified atom stereocenters. The standard InChI is InChI=1S/C11H13N3S.ClH/c1-13-6-11-14-10(7-15-11)8-2-4-9(12)5-3-8;/h2-5,7,13H,6,12H2,1H3;1H. The molecule has 0 spiro atoms. The van der Waals surface area contributed by atoms with Gasteiger partial charge in [0.15, 0.2) is 0 Å². The number of hydrogen-bond donors (Lipinski definition) is 2. The summed E-state index contributed by atoms with van der Waals surface area (Å²) in [4.78, 5) is 4.52. The molecule has 16 heavy (non-hydrogen) atoms. The second-order valence-corrected chi connectivity index (χ2v) is 4.22. The Morgan fingerprint density at radius 1 is 1.31 bits per heavy atom. The monoisotopic (exact) mass is 255 g/mol. The molecule has 2 aromatic rings. The molecule has 1 aromatic heterocycles. The second-order valence-electron chi connectivity index (χ2n) is 3.28. The minimum atomic E-state index is 0. The molecule has 2 rings (SSSR count). The molecule has 3 N–H and O–H groups in total. The van der Waals surface area contributed by atoms with Gasteiger partial charge in [-0.2, -0.15) is 0 Å². The predicted molar refractivity (Wildman–Crippen MR) is 72.0 cm³/mol. The van der Waals surface area contributed by atoms with Crippen LogP contribution in [0.2, 0.25) is 0 Å². The van der Waals surface area contributed by atoms with Crippen LogP contribution >= 0.6 is 23.7 Å². The number of rotatable bonds is 3. The summed E-state index contributed by atoms with van der Waals surface area (Å²) < 4.78 is 0. The Morgan fingerprint density at radius 2 is 2.00 bits per heavy atom. The molecular formula is C11H14ClN3S. The Kier molecular flexibility index (Phi) is 4.73. The molecule has 0 aliphatic rings. The van der Waals surface area contributed by atoms with E-state index in [1.165, 1.54) is 0 Å². The van der Waals surface area contributed by atoms with Crippen molar-refractivity contribution in [2.24, 2.45) is 0 Å². The van der Waals surface area contributed by atoms with Gasteiger partial charge in [0.25, 0.3) is 0 Å². The van der Waals surface area contributed by atoms with Crippen LogP contribution in [-0.4, -0.2) is 12.0 Å². The van der Waals surface area contributed by atoms with E-state index in [1.54, 1.807) is 11.3 Å². The molecular weight excluding hydrogens is 242 g/mol. The lowest BCUT2D eigenvalue weighted by atomic mass is 10.1. The quantitative estimate of drug-likeness (QED) is 0.829. The van der Waals surface area contributed by atoms with Gasteiger partial charge in [-0.05, 0) is 19.2 Å². The van der Waals surface area contributed by atoms with Crippen molar-refractivity contribution < 1.29 is 0 Å². The molecule has 0 saturated heterocycles. The molecule has 0 atom stereocenters. The van der Waals surface area contributed by atoms with Crippen molar-refractivity contribution in [3.63, 3.8) is 0 Å². The van der Waals surface area contributed by atoms with Gasteiger partial charge in [-0.15, -0.1) is 23.7 Å². The molecule has 1 heterocycles. The van der Waals surface area contributed by atoms with E-state index < -0.39 is 0 Å². The summed E-state index contributed by atoms with van der Waals surface area (Å²) >= 11 is 1.67. The number of nitrogens with zero attached hydrogens (tertiary/aromatic N) is 1. The zero-order valence-electron chi connectivity index (χ0n) is 8.93. The van der Waals surface area contributed by atoms with Crippen LogP contribution in [0.15, 0.2) is 29.6 Å². The van der Waals surface area contributed by atoms with E-state index in [4.69, 9.17) is 5.73 Å². The van der Waals surface area contributed by atoms with Gasteiger partial charge in [0.1, 0.15) is 5.01 Å². The van der Waals surface area contributed by atoms with Crippen molar-refractivity contribution in [3.8, 4) is 11.3 Å². The van der Waals surface area contributed by atoms with Gasteiger partial charge < -0.3 is 11.1 Å². The zero-order valence-corrected chi connectivity index (χ0v) is 10.6. The highest BCUT2D eigenvalue weighted by Gasteiger charge is 2.03. The van der Waals surface area contributed by atoms with Crippen molar-refractivity contribution in [1.82, 2.24) is 10.3 Å². The molecule has 0 saturated carbocycles. The smallest absolute Gasteiger partial charge is 0.107 e. The first-order chi connectivity index (χ1) is 7.29.